The topological polar surface area (TPSA) is 24.9 Å². The smallest absolute Gasteiger partial charge is 0.0438 e. The lowest BCUT2D eigenvalue weighted by atomic mass is 9.89. The van der Waals surface area contributed by atoms with Crippen LogP contribution in [0, 0.1) is 6.92 Å². The van der Waals surface area contributed by atoms with E-state index in [-0.39, 0.29) is 6.04 Å². The van der Waals surface area contributed by atoms with Crippen molar-refractivity contribution in [3.8, 4) is 0 Å². The van der Waals surface area contributed by atoms with Crippen LogP contribution in [0.1, 0.15) is 35.6 Å². The minimum Gasteiger partial charge on any atom is -0.312 e. The molecule has 0 spiro atoms. The van der Waals surface area contributed by atoms with Crippen LogP contribution in [-0.4, -0.2) is 12.0 Å². The van der Waals surface area contributed by atoms with Crippen LogP contribution in [0.15, 0.2) is 42.7 Å². The van der Waals surface area contributed by atoms with Gasteiger partial charge >= 0.3 is 0 Å². The van der Waals surface area contributed by atoms with Crippen LogP contribution >= 0.6 is 11.6 Å². The summed E-state index contributed by atoms with van der Waals surface area (Å²) in [5.74, 6) is 0.353. The normalized spacial score (nSPS) is 14.1. The van der Waals surface area contributed by atoms with Crippen molar-refractivity contribution in [3.63, 3.8) is 0 Å². The fraction of sp³-hybridized carbons (Fsp3) is 0.312. The van der Waals surface area contributed by atoms with Gasteiger partial charge in [-0.15, -0.1) is 0 Å². The average molecular weight is 275 g/mol. The van der Waals surface area contributed by atoms with Gasteiger partial charge in [-0.1, -0.05) is 30.7 Å². The van der Waals surface area contributed by atoms with Crippen LogP contribution in [0.4, 0.5) is 0 Å². The minimum absolute atomic E-state index is 0.237. The first kappa shape index (κ1) is 14.0. The van der Waals surface area contributed by atoms with Crippen molar-refractivity contribution in [1.82, 2.24) is 10.3 Å². The molecule has 19 heavy (non-hydrogen) atoms. The first-order chi connectivity index (χ1) is 9.13. The Kier molecular flexibility index (Phi) is 4.56. The average Bonchev–Trinajstić information content (AvgIpc) is 2.44. The number of rotatable bonds is 4. The molecule has 0 radical (unpaired) electrons. The van der Waals surface area contributed by atoms with E-state index in [0.29, 0.717) is 5.92 Å². The van der Waals surface area contributed by atoms with Crippen molar-refractivity contribution in [2.24, 2.45) is 0 Å². The Morgan fingerprint density at radius 3 is 2.37 bits per heavy atom. The largest absolute Gasteiger partial charge is 0.312 e. The van der Waals surface area contributed by atoms with Gasteiger partial charge in [-0.25, -0.2) is 0 Å². The van der Waals surface area contributed by atoms with Crippen LogP contribution in [0.5, 0.6) is 0 Å². The van der Waals surface area contributed by atoms with Crippen molar-refractivity contribution in [1.29, 1.82) is 0 Å². The maximum Gasteiger partial charge on any atom is 0.0438 e. The fourth-order valence-corrected chi connectivity index (χ4v) is 2.56. The number of aromatic nitrogens is 1. The number of likely N-dealkylation sites (N-methyl/N-ethyl adjacent to an activating group) is 1. The van der Waals surface area contributed by atoms with Crippen LogP contribution in [0.3, 0.4) is 0 Å². The first-order valence-corrected chi connectivity index (χ1v) is 6.84. The zero-order valence-electron chi connectivity index (χ0n) is 11.5. The summed E-state index contributed by atoms with van der Waals surface area (Å²) < 4.78 is 0. The van der Waals surface area contributed by atoms with E-state index < -0.39 is 0 Å². The quantitative estimate of drug-likeness (QED) is 0.908. The third-order valence-corrected chi connectivity index (χ3v) is 4.01. The summed E-state index contributed by atoms with van der Waals surface area (Å²) in [6, 6.07) is 10.6. The molecule has 0 aliphatic rings. The number of pyridine rings is 1. The second kappa shape index (κ2) is 6.18. The number of benzene rings is 1. The molecule has 100 valence electrons. The zero-order chi connectivity index (χ0) is 13.8. The molecule has 2 rings (SSSR count). The first-order valence-electron chi connectivity index (χ1n) is 6.46. The van der Waals surface area contributed by atoms with Crippen molar-refractivity contribution < 1.29 is 0 Å². The van der Waals surface area contributed by atoms with Crippen molar-refractivity contribution in [3.05, 3.63) is 64.4 Å². The molecule has 0 amide bonds. The highest BCUT2D eigenvalue weighted by Gasteiger charge is 2.19. The number of halogens is 1. The van der Waals surface area contributed by atoms with Crippen LogP contribution < -0.4 is 5.32 Å². The highest BCUT2D eigenvalue weighted by molar-refractivity contribution is 6.31. The Bertz CT molecular complexity index is 540. The standard InChI is InChI=1S/C16H19ClN2/c1-11-4-5-14(10-15(11)17)16(18-3)12(2)13-6-8-19-9-7-13/h4-10,12,16,18H,1-3H3. The summed E-state index contributed by atoms with van der Waals surface area (Å²) in [7, 11) is 1.98. The van der Waals surface area contributed by atoms with Gasteiger partial charge in [0.1, 0.15) is 0 Å². The Morgan fingerprint density at radius 2 is 1.79 bits per heavy atom. The van der Waals surface area contributed by atoms with E-state index in [1.807, 2.05) is 26.4 Å². The minimum atomic E-state index is 0.237. The second-order valence-electron chi connectivity index (χ2n) is 4.84. The number of hydrogen-bond acceptors (Lipinski definition) is 2. The molecule has 0 bridgehead atoms. The molecule has 0 aliphatic heterocycles. The van der Waals surface area contributed by atoms with E-state index in [1.165, 1.54) is 11.1 Å². The SMILES string of the molecule is CNC(c1ccc(C)c(Cl)c1)C(C)c1ccncc1. The number of hydrogen-bond donors (Lipinski definition) is 1. The van der Waals surface area contributed by atoms with Gasteiger partial charge in [0, 0.05) is 29.4 Å². The summed E-state index contributed by atoms with van der Waals surface area (Å²) in [4.78, 5) is 4.07. The highest BCUT2D eigenvalue weighted by atomic mass is 35.5. The van der Waals surface area contributed by atoms with Crippen LogP contribution in [-0.2, 0) is 0 Å². The fourth-order valence-electron chi connectivity index (χ4n) is 2.37. The molecule has 1 heterocycles. The monoisotopic (exact) mass is 274 g/mol. The third kappa shape index (κ3) is 3.14. The maximum absolute atomic E-state index is 6.23. The molecule has 2 nitrogen and oxygen atoms in total. The highest BCUT2D eigenvalue weighted by Crippen LogP contribution is 2.31. The molecule has 2 aromatic rings. The van der Waals surface area contributed by atoms with E-state index in [9.17, 15) is 0 Å². The van der Waals surface area contributed by atoms with Gasteiger partial charge in [0.25, 0.3) is 0 Å². The summed E-state index contributed by atoms with van der Waals surface area (Å²) in [5, 5.41) is 4.20. The summed E-state index contributed by atoms with van der Waals surface area (Å²) >= 11 is 6.23. The van der Waals surface area contributed by atoms with Crippen molar-refractivity contribution >= 4 is 11.6 Å². The van der Waals surface area contributed by atoms with Crippen molar-refractivity contribution in [2.75, 3.05) is 7.05 Å². The van der Waals surface area contributed by atoms with Gasteiger partial charge in [0.15, 0.2) is 0 Å². The number of nitrogens with zero attached hydrogens (tertiary/aromatic N) is 1. The van der Waals surface area contributed by atoms with Gasteiger partial charge in [0.05, 0.1) is 0 Å². The molecular formula is C16H19ClN2. The number of nitrogens with one attached hydrogen (secondary N) is 1. The Balaban J connectivity index is 2.31. The predicted octanol–water partition coefficient (Wildman–Crippen LogP) is 4.11. The molecule has 1 N–H and O–H groups in total. The molecule has 0 saturated heterocycles. The summed E-state index contributed by atoms with van der Waals surface area (Å²) in [6.45, 7) is 4.23. The lowest BCUT2D eigenvalue weighted by molar-refractivity contribution is 0.507. The number of aryl methyl sites for hydroxylation is 1. The molecule has 2 unspecified atom stereocenters. The second-order valence-corrected chi connectivity index (χ2v) is 5.25. The Hall–Kier alpha value is -1.38. The van der Waals surface area contributed by atoms with E-state index in [2.05, 4.69) is 47.6 Å². The molecule has 0 saturated carbocycles. The molecule has 0 fully saturated rings. The summed E-state index contributed by atoms with van der Waals surface area (Å²) in [5.41, 5.74) is 3.59. The molecule has 1 aromatic carbocycles. The summed E-state index contributed by atoms with van der Waals surface area (Å²) in [6.07, 6.45) is 3.67. The van der Waals surface area contributed by atoms with Crippen molar-refractivity contribution in [2.45, 2.75) is 25.8 Å². The van der Waals surface area contributed by atoms with Gasteiger partial charge in [-0.2, -0.15) is 0 Å². The van der Waals surface area contributed by atoms with E-state index in [1.54, 1.807) is 0 Å². The third-order valence-electron chi connectivity index (χ3n) is 3.60. The predicted molar refractivity (Wildman–Crippen MR) is 80.6 cm³/mol. The maximum atomic E-state index is 6.23. The van der Waals surface area contributed by atoms with Gasteiger partial charge in [-0.05, 0) is 48.9 Å². The van der Waals surface area contributed by atoms with Gasteiger partial charge < -0.3 is 5.32 Å². The molecule has 0 aliphatic carbocycles. The van der Waals surface area contributed by atoms with Gasteiger partial charge in [-0.3, -0.25) is 4.98 Å². The van der Waals surface area contributed by atoms with Gasteiger partial charge in [0.2, 0.25) is 0 Å². The lowest BCUT2D eigenvalue weighted by Crippen LogP contribution is -2.22. The van der Waals surface area contributed by atoms with E-state index in [0.717, 1.165) is 10.6 Å². The lowest BCUT2D eigenvalue weighted by Gasteiger charge is -2.25. The van der Waals surface area contributed by atoms with E-state index >= 15 is 0 Å². The molecule has 3 heteroatoms. The molecule has 1 aromatic heterocycles. The Labute approximate surface area is 119 Å². The zero-order valence-corrected chi connectivity index (χ0v) is 12.3. The Morgan fingerprint density at radius 1 is 1.11 bits per heavy atom. The van der Waals surface area contributed by atoms with E-state index in [4.69, 9.17) is 11.6 Å². The molecular weight excluding hydrogens is 256 g/mol. The van der Waals surface area contributed by atoms with Crippen LogP contribution in [0.2, 0.25) is 5.02 Å². The van der Waals surface area contributed by atoms with Crippen LogP contribution in [0.25, 0.3) is 0 Å². The molecule has 2 atom stereocenters.